The van der Waals surface area contributed by atoms with Gasteiger partial charge in [-0.3, -0.25) is 9.59 Å². The van der Waals surface area contributed by atoms with Crippen LogP contribution in [0.15, 0.2) is 0 Å². The summed E-state index contributed by atoms with van der Waals surface area (Å²) in [6.45, 7) is 6.00. The minimum absolute atomic E-state index is 0.0440. The highest BCUT2D eigenvalue weighted by atomic mass is 16.2. The van der Waals surface area contributed by atoms with E-state index in [0.717, 1.165) is 25.9 Å². The number of rotatable bonds is 3. The van der Waals surface area contributed by atoms with Crippen molar-refractivity contribution < 1.29 is 9.59 Å². The number of carbonyl (C=O) groups excluding carboxylic acids is 2. The van der Waals surface area contributed by atoms with E-state index in [-0.39, 0.29) is 30.4 Å². The second kappa shape index (κ2) is 5.69. The van der Waals surface area contributed by atoms with Gasteiger partial charge in [-0.25, -0.2) is 0 Å². The molecule has 0 aliphatic carbocycles. The Morgan fingerprint density at radius 1 is 1.50 bits per heavy atom. The van der Waals surface area contributed by atoms with Crippen LogP contribution in [0.2, 0.25) is 0 Å². The van der Waals surface area contributed by atoms with Crippen molar-refractivity contribution in [3.05, 3.63) is 0 Å². The van der Waals surface area contributed by atoms with E-state index in [1.807, 2.05) is 13.8 Å². The summed E-state index contributed by atoms with van der Waals surface area (Å²) in [5.74, 6) is 0.609. The zero-order valence-corrected chi connectivity index (χ0v) is 11.2. The van der Waals surface area contributed by atoms with Gasteiger partial charge in [0.15, 0.2) is 0 Å². The Bertz CT molecular complexity index is 330. The first-order valence-corrected chi connectivity index (χ1v) is 6.87. The van der Waals surface area contributed by atoms with Crippen LogP contribution in [0.25, 0.3) is 0 Å². The molecule has 2 heterocycles. The molecule has 0 aromatic carbocycles. The van der Waals surface area contributed by atoms with Crippen LogP contribution in [0, 0.1) is 5.92 Å². The molecular formula is C13H23N3O2. The molecule has 2 fully saturated rings. The van der Waals surface area contributed by atoms with E-state index < -0.39 is 0 Å². The predicted molar refractivity (Wildman–Crippen MR) is 69.0 cm³/mol. The van der Waals surface area contributed by atoms with Crippen molar-refractivity contribution in [2.24, 2.45) is 5.92 Å². The molecule has 2 saturated heterocycles. The van der Waals surface area contributed by atoms with Crippen molar-refractivity contribution in [1.29, 1.82) is 0 Å². The number of fused-ring (bicyclic) bond motifs is 1. The van der Waals surface area contributed by atoms with Gasteiger partial charge in [0.05, 0.1) is 6.54 Å². The van der Waals surface area contributed by atoms with Crippen LogP contribution in [-0.4, -0.2) is 48.4 Å². The minimum atomic E-state index is -0.0440. The molecule has 2 N–H and O–H groups in total. The van der Waals surface area contributed by atoms with E-state index in [9.17, 15) is 9.59 Å². The molecule has 0 bridgehead atoms. The zero-order chi connectivity index (χ0) is 13.1. The Morgan fingerprint density at radius 2 is 2.28 bits per heavy atom. The summed E-state index contributed by atoms with van der Waals surface area (Å²) in [7, 11) is 0. The Labute approximate surface area is 108 Å². The molecule has 0 aromatic heterocycles. The van der Waals surface area contributed by atoms with Crippen LogP contribution in [0.5, 0.6) is 0 Å². The third kappa shape index (κ3) is 3.02. The molecule has 18 heavy (non-hydrogen) atoms. The normalized spacial score (nSPS) is 28.2. The van der Waals surface area contributed by atoms with Crippen molar-refractivity contribution in [3.63, 3.8) is 0 Å². The molecule has 5 nitrogen and oxygen atoms in total. The predicted octanol–water partition coefficient (Wildman–Crippen LogP) is 0.112. The van der Waals surface area contributed by atoms with Crippen molar-refractivity contribution in [2.75, 3.05) is 19.6 Å². The lowest BCUT2D eigenvalue weighted by molar-refractivity contribution is -0.144. The molecule has 0 spiro atoms. The molecule has 2 atom stereocenters. The number of piperidine rings is 2. The van der Waals surface area contributed by atoms with Crippen molar-refractivity contribution in [2.45, 2.75) is 45.2 Å². The van der Waals surface area contributed by atoms with Crippen LogP contribution >= 0.6 is 0 Å². The molecule has 0 aromatic rings. The third-order valence-corrected chi connectivity index (χ3v) is 3.78. The van der Waals surface area contributed by atoms with Crippen molar-refractivity contribution in [1.82, 2.24) is 15.5 Å². The number of hydrogen-bond donors (Lipinski definition) is 2. The largest absolute Gasteiger partial charge is 0.352 e. The molecule has 2 aliphatic heterocycles. The number of carbonyl (C=O) groups is 2. The highest BCUT2D eigenvalue weighted by Gasteiger charge is 2.37. The summed E-state index contributed by atoms with van der Waals surface area (Å²) in [6, 6.07) is 0.381. The van der Waals surface area contributed by atoms with E-state index in [4.69, 9.17) is 0 Å². The fourth-order valence-electron chi connectivity index (χ4n) is 2.98. The summed E-state index contributed by atoms with van der Waals surface area (Å²) >= 11 is 0. The van der Waals surface area contributed by atoms with Gasteiger partial charge < -0.3 is 15.5 Å². The average molecular weight is 253 g/mol. The van der Waals surface area contributed by atoms with Crippen molar-refractivity contribution >= 4 is 11.8 Å². The van der Waals surface area contributed by atoms with Gasteiger partial charge in [-0.1, -0.05) is 0 Å². The molecule has 2 unspecified atom stereocenters. The molecule has 102 valence electrons. The Kier molecular flexibility index (Phi) is 4.22. The Hall–Kier alpha value is -1.10. The van der Waals surface area contributed by atoms with E-state index in [1.165, 1.54) is 0 Å². The van der Waals surface area contributed by atoms with Gasteiger partial charge in [-0.05, 0) is 45.7 Å². The molecule has 2 amide bonds. The highest BCUT2D eigenvalue weighted by molar-refractivity contribution is 5.85. The van der Waals surface area contributed by atoms with Gasteiger partial charge in [-0.2, -0.15) is 0 Å². The Morgan fingerprint density at radius 3 is 3.00 bits per heavy atom. The van der Waals surface area contributed by atoms with E-state index in [2.05, 4.69) is 10.6 Å². The maximum absolute atomic E-state index is 12.0. The first-order valence-electron chi connectivity index (χ1n) is 6.87. The van der Waals surface area contributed by atoms with Gasteiger partial charge >= 0.3 is 0 Å². The minimum Gasteiger partial charge on any atom is -0.352 e. The average Bonchev–Trinajstić information content (AvgIpc) is 2.32. The monoisotopic (exact) mass is 253 g/mol. The second-order valence-corrected chi connectivity index (χ2v) is 5.60. The lowest BCUT2D eigenvalue weighted by Gasteiger charge is -2.43. The maximum Gasteiger partial charge on any atom is 0.239 e. The fraction of sp³-hybridized carbons (Fsp3) is 0.846. The van der Waals surface area contributed by atoms with Gasteiger partial charge in [0, 0.05) is 18.5 Å². The molecule has 2 aliphatic rings. The smallest absolute Gasteiger partial charge is 0.239 e. The number of nitrogens with zero attached hydrogens (tertiary/aromatic N) is 1. The van der Waals surface area contributed by atoms with Crippen molar-refractivity contribution in [3.8, 4) is 0 Å². The quantitative estimate of drug-likeness (QED) is 0.750. The lowest BCUT2D eigenvalue weighted by Crippen LogP contribution is -2.57. The molecule has 5 heteroatoms. The molecule has 0 radical (unpaired) electrons. The second-order valence-electron chi connectivity index (χ2n) is 5.60. The summed E-state index contributed by atoms with van der Waals surface area (Å²) in [5.41, 5.74) is 0. The van der Waals surface area contributed by atoms with Crippen LogP contribution < -0.4 is 10.6 Å². The van der Waals surface area contributed by atoms with Crippen LogP contribution in [0.1, 0.15) is 33.1 Å². The van der Waals surface area contributed by atoms with Crippen LogP contribution in [0.4, 0.5) is 0 Å². The number of hydrogen-bond acceptors (Lipinski definition) is 3. The van der Waals surface area contributed by atoms with E-state index in [0.29, 0.717) is 12.3 Å². The summed E-state index contributed by atoms with van der Waals surface area (Å²) in [6.07, 6.45) is 2.50. The maximum atomic E-state index is 12.0. The van der Waals surface area contributed by atoms with E-state index in [1.54, 1.807) is 4.90 Å². The fourth-order valence-corrected chi connectivity index (χ4v) is 2.98. The highest BCUT2D eigenvalue weighted by Crippen LogP contribution is 2.28. The number of likely N-dealkylation sites (tertiary alicyclic amines) is 1. The van der Waals surface area contributed by atoms with Gasteiger partial charge in [-0.15, -0.1) is 0 Å². The van der Waals surface area contributed by atoms with Gasteiger partial charge in [0.2, 0.25) is 11.8 Å². The van der Waals surface area contributed by atoms with Gasteiger partial charge in [0.25, 0.3) is 0 Å². The molecule has 2 rings (SSSR count). The first kappa shape index (κ1) is 13.3. The zero-order valence-electron chi connectivity index (χ0n) is 11.2. The number of amides is 2. The third-order valence-electron chi connectivity index (χ3n) is 3.78. The van der Waals surface area contributed by atoms with Crippen LogP contribution in [0.3, 0.4) is 0 Å². The summed E-state index contributed by atoms with van der Waals surface area (Å²) in [4.78, 5) is 25.6. The van der Waals surface area contributed by atoms with Gasteiger partial charge in [0.1, 0.15) is 0 Å². The molecule has 0 saturated carbocycles. The standard InChI is InChI=1S/C13H23N3O2/c1-9(2)15-12(17)8-16-11-5-6-14-7-10(11)3-4-13(16)18/h9-11,14H,3-8H2,1-2H3,(H,15,17). The molecular weight excluding hydrogens is 230 g/mol. The lowest BCUT2D eigenvalue weighted by atomic mass is 9.84. The first-order chi connectivity index (χ1) is 8.58. The SMILES string of the molecule is CC(C)NC(=O)CN1C(=O)CCC2CNCCC21. The topological polar surface area (TPSA) is 61.4 Å². The number of nitrogens with one attached hydrogen (secondary N) is 2. The summed E-state index contributed by atoms with van der Waals surface area (Å²) in [5, 5.41) is 6.22. The van der Waals surface area contributed by atoms with E-state index >= 15 is 0 Å². The Balaban J connectivity index is 1.99. The van der Waals surface area contributed by atoms with Crippen LogP contribution in [-0.2, 0) is 9.59 Å². The summed E-state index contributed by atoms with van der Waals surface area (Å²) < 4.78 is 0.